The van der Waals surface area contributed by atoms with Crippen molar-refractivity contribution < 1.29 is 4.39 Å². The van der Waals surface area contributed by atoms with Gasteiger partial charge in [0.1, 0.15) is 11.5 Å². The maximum atomic E-state index is 13.6. The number of rotatable bonds is 3. The predicted octanol–water partition coefficient (Wildman–Crippen LogP) is 5.26. The highest BCUT2D eigenvalue weighted by atomic mass is 35.5. The van der Waals surface area contributed by atoms with Crippen LogP contribution in [0.3, 0.4) is 0 Å². The van der Waals surface area contributed by atoms with Gasteiger partial charge in [-0.05, 0) is 42.0 Å². The second-order valence-electron chi connectivity index (χ2n) is 5.98. The molecule has 0 aliphatic carbocycles. The van der Waals surface area contributed by atoms with Crippen molar-refractivity contribution in [1.82, 2.24) is 9.38 Å². The van der Waals surface area contributed by atoms with Crippen LogP contribution in [0.4, 0.5) is 4.39 Å². The molecule has 2 heterocycles. The van der Waals surface area contributed by atoms with E-state index in [1.165, 1.54) is 12.1 Å². The largest absolute Gasteiger partial charge is 0.302 e. The third-order valence-electron chi connectivity index (χ3n) is 4.23. The van der Waals surface area contributed by atoms with E-state index in [1.807, 2.05) is 34.9 Å². The highest BCUT2D eigenvalue weighted by Crippen LogP contribution is 2.28. The molecule has 4 aromatic rings. The Balaban J connectivity index is 1.89. The van der Waals surface area contributed by atoms with E-state index in [-0.39, 0.29) is 5.82 Å². The molecule has 0 aliphatic heterocycles. The molecule has 0 spiro atoms. The van der Waals surface area contributed by atoms with E-state index >= 15 is 0 Å². The molecule has 0 saturated carbocycles. The number of imidazole rings is 1. The van der Waals surface area contributed by atoms with Crippen LogP contribution in [0, 0.1) is 17.1 Å². The van der Waals surface area contributed by atoms with E-state index in [2.05, 4.69) is 6.07 Å². The fraction of sp³-hybridized carbons (Fsp3) is 0.0476. The Kier molecular flexibility index (Phi) is 4.16. The van der Waals surface area contributed by atoms with E-state index in [4.69, 9.17) is 21.8 Å². The van der Waals surface area contributed by atoms with Gasteiger partial charge >= 0.3 is 0 Å². The third kappa shape index (κ3) is 3.05. The Morgan fingerprint density at radius 2 is 1.88 bits per heavy atom. The van der Waals surface area contributed by atoms with Crippen molar-refractivity contribution in [1.29, 1.82) is 5.26 Å². The lowest BCUT2D eigenvalue weighted by Gasteiger charge is -2.07. The number of hydrogen-bond acceptors (Lipinski definition) is 2. The minimum atomic E-state index is -0.269. The number of hydrogen-bond donors (Lipinski definition) is 0. The summed E-state index contributed by atoms with van der Waals surface area (Å²) >= 11 is 6.17. The van der Waals surface area contributed by atoms with Crippen molar-refractivity contribution in [2.75, 3.05) is 0 Å². The highest BCUT2D eigenvalue weighted by molar-refractivity contribution is 6.30. The van der Waals surface area contributed by atoms with Gasteiger partial charge in [0.05, 0.1) is 28.0 Å². The number of halogens is 2. The summed E-state index contributed by atoms with van der Waals surface area (Å²) in [4.78, 5) is 4.73. The molecule has 0 N–H and O–H groups in total. The maximum absolute atomic E-state index is 13.6. The first kappa shape index (κ1) is 16.3. The second kappa shape index (κ2) is 6.62. The summed E-state index contributed by atoms with van der Waals surface area (Å²) in [5.41, 5.74) is 4.81. The third-order valence-corrected chi connectivity index (χ3v) is 4.45. The van der Waals surface area contributed by atoms with Gasteiger partial charge in [-0.3, -0.25) is 0 Å². The number of fused-ring (bicyclic) bond motifs is 1. The van der Waals surface area contributed by atoms with Crippen molar-refractivity contribution in [2.45, 2.75) is 6.42 Å². The minimum absolute atomic E-state index is 0.269. The molecule has 2 aromatic heterocycles. The summed E-state index contributed by atoms with van der Waals surface area (Å²) in [5, 5.41) is 9.60. The highest BCUT2D eigenvalue weighted by Gasteiger charge is 2.15. The molecule has 0 amide bonds. The summed E-state index contributed by atoms with van der Waals surface area (Å²) in [5.74, 6) is -0.269. The van der Waals surface area contributed by atoms with E-state index < -0.39 is 0 Å². The van der Waals surface area contributed by atoms with Crippen molar-refractivity contribution >= 4 is 17.2 Å². The Bertz CT molecular complexity index is 1140. The normalized spacial score (nSPS) is 10.8. The summed E-state index contributed by atoms with van der Waals surface area (Å²) in [7, 11) is 0. The second-order valence-corrected chi connectivity index (χ2v) is 6.41. The van der Waals surface area contributed by atoms with Crippen LogP contribution < -0.4 is 0 Å². The minimum Gasteiger partial charge on any atom is -0.302 e. The number of aromatic nitrogens is 2. The van der Waals surface area contributed by atoms with Gasteiger partial charge in [0, 0.05) is 18.2 Å². The lowest BCUT2D eigenvalue weighted by Crippen LogP contribution is -1.97. The van der Waals surface area contributed by atoms with Gasteiger partial charge in [0.2, 0.25) is 0 Å². The van der Waals surface area contributed by atoms with Gasteiger partial charge in [-0.25, -0.2) is 9.37 Å². The lowest BCUT2D eigenvalue weighted by molar-refractivity contribution is 0.626. The molecule has 0 aliphatic rings. The Morgan fingerprint density at radius 3 is 2.62 bits per heavy atom. The van der Waals surface area contributed by atoms with Crippen molar-refractivity contribution in [2.24, 2.45) is 0 Å². The first-order valence-electron chi connectivity index (χ1n) is 8.05. The average Bonchev–Trinajstić information content (AvgIpc) is 2.99. The molecule has 2 aromatic carbocycles. The fourth-order valence-electron chi connectivity index (χ4n) is 3.01. The first-order chi connectivity index (χ1) is 12.6. The molecular formula is C21H13ClFN3. The van der Waals surface area contributed by atoms with Gasteiger partial charge in [-0.1, -0.05) is 35.9 Å². The SMILES string of the molecule is N#Cc1ccc(-c2nc3ccc(Cl)cn3c2Cc2cccc(F)c2)cc1. The Hall–Kier alpha value is -3.16. The van der Waals surface area contributed by atoms with E-state index in [1.54, 1.807) is 24.3 Å². The Labute approximate surface area is 154 Å². The van der Waals surface area contributed by atoms with Crippen LogP contribution in [0.2, 0.25) is 5.02 Å². The molecule has 0 saturated heterocycles. The molecule has 3 nitrogen and oxygen atoms in total. The summed E-state index contributed by atoms with van der Waals surface area (Å²) < 4.78 is 15.5. The van der Waals surface area contributed by atoms with Gasteiger partial charge in [0.25, 0.3) is 0 Å². The summed E-state index contributed by atoms with van der Waals surface area (Å²) in [6.07, 6.45) is 2.32. The monoisotopic (exact) mass is 361 g/mol. The van der Waals surface area contributed by atoms with E-state index in [9.17, 15) is 4.39 Å². The quantitative estimate of drug-likeness (QED) is 0.499. The number of nitriles is 1. The first-order valence-corrected chi connectivity index (χ1v) is 8.43. The van der Waals surface area contributed by atoms with Crippen molar-refractivity contribution in [3.05, 3.63) is 94.5 Å². The molecule has 0 unspecified atom stereocenters. The van der Waals surface area contributed by atoms with E-state index in [0.29, 0.717) is 17.0 Å². The molecule has 26 heavy (non-hydrogen) atoms. The predicted molar refractivity (Wildman–Crippen MR) is 99.6 cm³/mol. The fourth-order valence-corrected chi connectivity index (χ4v) is 3.17. The van der Waals surface area contributed by atoms with Crippen LogP contribution in [0.5, 0.6) is 0 Å². The molecule has 4 rings (SSSR count). The number of nitrogens with zero attached hydrogens (tertiary/aromatic N) is 3. The van der Waals surface area contributed by atoms with Crippen LogP contribution in [-0.2, 0) is 6.42 Å². The molecule has 0 fully saturated rings. The van der Waals surface area contributed by atoms with Crippen LogP contribution >= 0.6 is 11.6 Å². The van der Waals surface area contributed by atoms with Crippen LogP contribution in [0.15, 0.2) is 66.9 Å². The van der Waals surface area contributed by atoms with Gasteiger partial charge in [-0.15, -0.1) is 0 Å². The van der Waals surface area contributed by atoms with Gasteiger partial charge < -0.3 is 4.40 Å². The van der Waals surface area contributed by atoms with Crippen LogP contribution in [0.25, 0.3) is 16.9 Å². The van der Waals surface area contributed by atoms with Crippen molar-refractivity contribution in [3.8, 4) is 17.3 Å². The zero-order chi connectivity index (χ0) is 18.1. The number of pyridine rings is 1. The van der Waals surface area contributed by atoms with Crippen LogP contribution in [0.1, 0.15) is 16.8 Å². The van der Waals surface area contributed by atoms with Gasteiger partial charge in [-0.2, -0.15) is 5.26 Å². The molecule has 0 radical (unpaired) electrons. The maximum Gasteiger partial charge on any atom is 0.137 e. The molecule has 0 bridgehead atoms. The van der Waals surface area contributed by atoms with E-state index in [0.717, 1.165) is 28.2 Å². The summed E-state index contributed by atoms with van der Waals surface area (Å²) in [6.45, 7) is 0. The van der Waals surface area contributed by atoms with Crippen LogP contribution in [-0.4, -0.2) is 9.38 Å². The topological polar surface area (TPSA) is 41.1 Å². The lowest BCUT2D eigenvalue weighted by atomic mass is 10.0. The average molecular weight is 362 g/mol. The van der Waals surface area contributed by atoms with Crippen molar-refractivity contribution in [3.63, 3.8) is 0 Å². The number of benzene rings is 2. The standard InChI is InChI=1S/C21H13ClFN3/c22-17-8-9-20-25-21(16-6-4-14(12-24)5-7-16)19(26(20)13-17)11-15-2-1-3-18(23)10-15/h1-10,13H,11H2. The zero-order valence-electron chi connectivity index (χ0n) is 13.7. The molecule has 0 atom stereocenters. The molecule has 126 valence electrons. The molecule has 5 heteroatoms. The summed E-state index contributed by atoms with van der Waals surface area (Å²) in [6, 6.07) is 19.6. The Morgan fingerprint density at radius 1 is 1.08 bits per heavy atom. The smallest absolute Gasteiger partial charge is 0.137 e. The van der Waals surface area contributed by atoms with Gasteiger partial charge in [0.15, 0.2) is 0 Å². The molecular weight excluding hydrogens is 349 g/mol. The zero-order valence-corrected chi connectivity index (χ0v) is 14.4.